The van der Waals surface area contributed by atoms with Gasteiger partial charge in [-0.05, 0) is 32.8 Å². The van der Waals surface area contributed by atoms with Crippen molar-refractivity contribution in [2.45, 2.75) is 32.1 Å². The molecule has 1 aliphatic heterocycles. The number of nitrogens with one attached hydrogen (secondary N) is 2. The highest BCUT2D eigenvalue weighted by atomic mass is 16.5. The summed E-state index contributed by atoms with van der Waals surface area (Å²) in [4.78, 5) is 4.82. The summed E-state index contributed by atoms with van der Waals surface area (Å²) >= 11 is 0. The summed E-state index contributed by atoms with van der Waals surface area (Å²) in [5, 5.41) is 6.41. The van der Waals surface area contributed by atoms with E-state index in [0.717, 1.165) is 44.3 Å². The molecule has 25 heavy (non-hydrogen) atoms. The molecular formula is C20H29N3O2. The number of aryl methyl sites for hydroxylation is 1. The van der Waals surface area contributed by atoms with Gasteiger partial charge in [0.2, 0.25) is 0 Å². The summed E-state index contributed by atoms with van der Waals surface area (Å²) in [6, 6.07) is 6.35. The van der Waals surface area contributed by atoms with Gasteiger partial charge in [0.05, 0.1) is 20.2 Å². The molecule has 1 fully saturated rings. The second kappa shape index (κ2) is 9.33. The van der Waals surface area contributed by atoms with Crippen LogP contribution in [0.4, 0.5) is 0 Å². The van der Waals surface area contributed by atoms with Gasteiger partial charge < -0.3 is 20.1 Å². The van der Waals surface area contributed by atoms with E-state index < -0.39 is 0 Å². The SMILES string of the molecule is C#CCNC(=NCC1(c2cc(C)ccc2OC)CCOCC1)NCC. The maximum atomic E-state index is 5.65. The van der Waals surface area contributed by atoms with Gasteiger partial charge in [-0.3, -0.25) is 4.99 Å². The molecule has 0 bridgehead atoms. The molecule has 0 saturated carbocycles. The van der Waals surface area contributed by atoms with Gasteiger partial charge in [0.25, 0.3) is 0 Å². The van der Waals surface area contributed by atoms with Crippen molar-refractivity contribution in [3.63, 3.8) is 0 Å². The molecule has 0 spiro atoms. The lowest BCUT2D eigenvalue weighted by molar-refractivity contribution is 0.0522. The van der Waals surface area contributed by atoms with Gasteiger partial charge in [0, 0.05) is 30.7 Å². The third-order valence-electron chi connectivity index (χ3n) is 4.62. The second-order valence-corrected chi connectivity index (χ2v) is 6.35. The fourth-order valence-electron chi connectivity index (χ4n) is 3.22. The van der Waals surface area contributed by atoms with E-state index in [4.69, 9.17) is 20.9 Å². The van der Waals surface area contributed by atoms with E-state index in [1.54, 1.807) is 7.11 Å². The third-order valence-corrected chi connectivity index (χ3v) is 4.62. The first-order valence-electron chi connectivity index (χ1n) is 8.83. The Balaban J connectivity index is 2.35. The van der Waals surface area contributed by atoms with E-state index in [9.17, 15) is 0 Å². The molecule has 0 atom stereocenters. The third kappa shape index (κ3) is 4.90. The molecule has 1 aromatic rings. The van der Waals surface area contributed by atoms with Crippen molar-refractivity contribution in [2.75, 3.05) is 40.0 Å². The quantitative estimate of drug-likeness (QED) is 0.473. The number of rotatable bonds is 6. The van der Waals surface area contributed by atoms with Crippen molar-refractivity contribution in [1.82, 2.24) is 10.6 Å². The Kier molecular flexibility index (Phi) is 7.15. The molecule has 1 saturated heterocycles. The Morgan fingerprint density at radius 2 is 2.12 bits per heavy atom. The molecule has 1 aliphatic rings. The Bertz CT molecular complexity index is 628. The van der Waals surface area contributed by atoms with E-state index in [2.05, 4.69) is 35.6 Å². The number of aliphatic imine (C=N–C) groups is 1. The van der Waals surface area contributed by atoms with Crippen LogP contribution in [-0.2, 0) is 10.2 Å². The first-order valence-corrected chi connectivity index (χ1v) is 8.83. The number of methoxy groups -OCH3 is 1. The summed E-state index contributed by atoms with van der Waals surface area (Å²) in [6.45, 7) is 7.53. The molecule has 0 aliphatic carbocycles. The molecule has 2 rings (SSSR count). The van der Waals surface area contributed by atoms with Crippen LogP contribution in [0, 0.1) is 19.3 Å². The Morgan fingerprint density at radius 1 is 1.36 bits per heavy atom. The van der Waals surface area contributed by atoms with Crippen molar-refractivity contribution in [3.8, 4) is 18.1 Å². The van der Waals surface area contributed by atoms with Crippen LogP contribution in [0.1, 0.15) is 30.9 Å². The van der Waals surface area contributed by atoms with Gasteiger partial charge in [0.1, 0.15) is 5.75 Å². The lowest BCUT2D eigenvalue weighted by atomic mass is 9.73. The molecule has 136 valence electrons. The number of guanidine groups is 1. The van der Waals surface area contributed by atoms with Gasteiger partial charge in [-0.25, -0.2) is 0 Å². The molecule has 0 amide bonds. The van der Waals surface area contributed by atoms with Gasteiger partial charge in [0.15, 0.2) is 5.96 Å². The highest BCUT2D eigenvalue weighted by Crippen LogP contribution is 2.40. The number of ether oxygens (including phenoxy) is 2. The highest BCUT2D eigenvalue weighted by molar-refractivity contribution is 5.80. The van der Waals surface area contributed by atoms with Crippen LogP contribution in [0.5, 0.6) is 5.75 Å². The number of benzene rings is 1. The normalized spacial score (nSPS) is 16.8. The van der Waals surface area contributed by atoms with Crippen LogP contribution in [0.15, 0.2) is 23.2 Å². The minimum Gasteiger partial charge on any atom is -0.496 e. The van der Waals surface area contributed by atoms with Gasteiger partial charge in [-0.1, -0.05) is 23.6 Å². The van der Waals surface area contributed by atoms with Crippen LogP contribution in [0.25, 0.3) is 0 Å². The summed E-state index contributed by atoms with van der Waals surface area (Å²) in [6.07, 6.45) is 7.20. The number of terminal acetylenes is 1. The van der Waals surface area contributed by atoms with Crippen LogP contribution in [0.2, 0.25) is 0 Å². The number of hydrogen-bond acceptors (Lipinski definition) is 3. The lowest BCUT2D eigenvalue weighted by Crippen LogP contribution is -2.41. The molecule has 0 aromatic heterocycles. The average molecular weight is 343 g/mol. The fraction of sp³-hybridized carbons (Fsp3) is 0.550. The van der Waals surface area contributed by atoms with Crippen molar-refractivity contribution in [2.24, 2.45) is 4.99 Å². The van der Waals surface area contributed by atoms with Gasteiger partial charge >= 0.3 is 0 Å². The predicted molar refractivity (Wildman–Crippen MR) is 102 cm³/mol. The van der Waals surface area contributed by atoms with E-state index in [1.165, 1.54) is 11.1 Å². The summed E-state index contributed by atoms with van der Waals surface area (Å²) < 4.78 is 11.3. The summed E-state index contributed by atoms with van der Waals surface area (Å²) in [5.74, 6) is 4.26. The standard InChI is InChI=1S/C20H29N3O2/c1-5-11-22-19(21-6-2)23-15-20(9-12-25-13-10-20)17-14-16(3)7-8-18(17)24-4/h1,7-8,14H,6,9-13,15H2,2-4H3,(H2,21,22,23). The molecule has 1 aromatic carbocycles. The topological polar surface area (TPSA) is 54.9 Å². The first-order chi connectivity index (χ1) is 12.1. The van der Waals surface area contributed by atoms with Crippen LogP contribution < -0.4 is 15.4 Å². The molecule has 1 heterocycles. The Labute approximate surface area is 151 Å². The molecule has 5 heteroatoms. The maximum absolute atomic E-state index is 5.65. The summed E-state index contributed by atoms with van der Waals surface area (Å²) in [7, 11) is 1.73. The van der Waals surface area contributed by atoms with Crippen molar-refractivity contribution in [3.05, 3.63) is 29.3 Å². The van der Waals surface area contributed by atoms with E-state index >= 15 is 0 Å². The van der Waals surface area contributed by atoms with Crippen molar-refractivity contribution < 1.29 is 9.47 Å². The molecule has 0 radical (unpaired) electrons. The smallest absolute Gasteiger partial charge is 0.192 e. The number of nitrogens with zero attached hydrogens (tertiary/aromatic N) is 1. The molecule has 5 nitrogen and oxygen atoms in total. The zero-order valence-electron chi connectivity index (χ0n) is 15.5. The van der Waals surface area contributed by atoms with E-state index in [-0.39, 0.29) is 5.41 Å². The van der Waals surface area contributed by atoms with Crippen LogP contribution in [0.3, 0.4) is 0 Å². The predicted octanol–water partition coefficient (Wildman–Crippen LogP) is 2.24. The molecule has 0 unspecified atom stereocenters. The zero-order valence-corrected chi connectivity index (χ0v) is 15.5. The van der Waals surface area contributed by atoms with Gasteiger partial charge in [-0.2, -0.15) is 0 Å². The highest BCUT2D eigenvalue weighted by Gasteiger charge is 2.37. The lowest BCUT2D eigenvalue weighted by Gasteiger charge is -2.37. The van der Waals surface area contributed by atoms with Crippen molar-refractivity contribution >= 4 is 5.96 Å². The molecule has 2 N–H and O–H groups in total. The Morgan fingerprint density at radius 3 is 2.76 bits per heavy atom. The fourth-order valence-corrected chi connectivity index (χ4v) is 3.22. The minimum absolute atomic E-state index is 0.0892. The largest absolute Gasteiger partial charge is 0.496 e. The zero-order chi connectivity index (χ0) is 18.1. The van der Waals surface area contributed by atoms with Crippen LogP contribution >= 0.6 is 0 Å². The van der Waals surface area contributed by atoms with E-state index in [0.29, 0.717) is 13.1 Å². The van der Waals surface area contributed by atoms with Crippen molar-refractivity contribution in [1.29, 1.82) is 0 Å². The average Bonchev–Trinajstić information content (AvgIpc) is 2.64. The maximum Gasteiger partial charge on any atom is 0.192 e. The summed E-state index contributed by atoms with van der Waals surface area (Å²) in [5.41, 5.74) is 2.35. The first kappa shape index (κ1) is 19.1. The Hall–Kier alpha value is -2.19. The minimum atomic E-state index is -0.0892. The number of hydrogen-bond donors (Lipinski definition) is 2. The van der Waals surface area contributed by atoms with Gasteiger partial charge in [-0.15, -0.1) is 6.42 Å². The second-order valence-electron chi connectivity index (χ2n) is 6.35. The monoisotopic (exact) mass is 343 g/mol. The molecular weight excluding hydrogens is 314 g/mol. The van der Waals surface area contributed by atoms with E-state index in [1.807, 2.05) is 13.0 Å². The van der Waals surface area contributed by atoms with Crippen LogP contribution in [-0.4, -0.2) is 45.9 Å².